The van der Waals surface area contributed by atoms with Crippen molar-refractivity contribution >= 4 is 106 Å². The number of aromatic nitrogens is 12. The number of aliphatic hydroxyl groups is 2. The highest BCUT2D eigenvalue weighted by Crippen LogP contribution is 2.68. The number of phosphoric acid groups is 4. The predicted molar refractivity (Wildman–Crippen MR) is 367 cm³/mol. The van der Waals surface area contributed by atoms with Crippen LogP contribution in [0.15, 0.2) is 126 Å². The molecule has 0 saturated carbocycles. The number of carbonyl (C=O) groups excluding carboxylic acids is 4. The molecule has 6 aromatic heterocycles. The van der Waals surface area contributed by atoms with Crippen LogP contribution < -0.4 is 36.8 Å². The summed E-state index contributed by atoms with van der Waals surface area (Å²) in [5, 5.41) is 27.4. The van der Waals surface area contributed by atoms with Gasteiger partial charge in [-0.3, -0.25) is 71.3 Å². The lowest BCUT2D eigenvalue weighted by Crippen LogP contribution is -2.42. The Morgan fingerprint density at radius 2 is 1.12 bits per heavy atom. The number of anilines is 3. The number of imidazole rings is 3. The van der Waals surface area contributed by atoms with Crippen molar-refractivity contribution in [2.45, 2.75) is 108 Å². The van der Waals surface area contributed by atoms with Crippen molar-refractivity contribution in [1.29, 1.82) is 0 Å². The molecule has 3 saturated heterocycles. The summed E-state index contributed by atoms with van der Waals surface area (Å²) in [6.45, 7) is 2.19. The number of methoxy groups -OCH3 is 1. The number of para-hydroxylation sites is 1. The minimum absolute atomic E-state index is 0.0110. The highest BCUT2D eigenvalue weighted by Gasteiger charge is 2.56. The van der Waals surface area contributed by atoms with Crippen molar-refractivity contribution in [3.63, 3.8) is 0 Å². The lowest BCUT2D eigenvalue weighted by molar-refractivity contribution is -0.673. The molecular formula is C61H70N15O29P4+. The molecule has 0 radical (unpaired) electrons. The number of nitrogen functional groups attached to an aromatic ring is 1. The summed E-state index contributed by atoms with van der Waals surface area (Å²) in [5.41, 5.74) is 3.65. The first kappa shape index (κ1) is 79.2. The van der Waals surface area contributed by atoms with E-state index in [1.54, 1.807) is 66.7 Å². The van der Waals surface area contributed by atoms with Crippen LogP contribution in [0.2, 0.25) is 0 Å². The van der Waals surface area contributed by atoms with Crippen LogP contribution >= 0.6 is 31.3 Å². The number of H-pyrrole nitrogens is 2. The molecule has 0 spiro atoms. The number of benzene rings is 3. The van der Waals surface area contributed by atoms with Crippen LogP contribution in [-0.2, 0) is 89.5 Å². The minimum Gasteiger partial charge on any atom is -0.489 e. The smallest absolute Gasteiger partial charge is 0.489 e. The third-order valence-electron chi connectivity index (χ3n) is 16.7. The summed E-state index contributed by atoms with van der Waals surface area (Å²) in [5.74, 6) is -5.16. The summed E-state index contributed by atoms with van der Waals surface area (Å²) in [7, 11) is -23.2. The van der Waals surface area contributed by atoms with Gasteiger partial charge in [0, 0.05) is 18.2 Å². The molecule has 0 aliphatic carbocycles. The number of amides is 2. The van der Waals surface area contributed by atoms with Crippen molar-refractivity contribution in [2.24, 2.45) is 11.8 Å². The van der Waals surface area contributed by atoms with Gasteiger partial charge in [-0.05, 0) is 36.4 Å². The second-order valence-corrected chi connectivity index (χ2v) is 31.0. The van der Waals surface area contributed by atoms with Gasteiger partial charge in [0.15, 0.2) is 52.8 Å². The molecule has 12 rings (SSSR count). The maximum absolute atomic E-state index is 14.7. The molecule has 582 valence electrons. The molecule has 0 bridgehead atoms. The van der Waals surface area contributed by atoms with Gasteiger partial charge in [0.1, 0.15) is 68.0 Å². The van der Waals surface area contributed by atoms with Gasteiger partial charge in [-0.25, -0.2) is 42.8 Å². The zero-order valence-electron chi connectivity index (χ0n) is 57.5. The molecule has 3 aromatic carbocycles. The number of fused-ring (bicyclic) bond motifs is 3. The van der Waals surface area contributed by atoms with Gasteiger partial charge in [0.2, 0.25) is 24.5 Å². The first-order chi connectivity index (χ1) is 51.8. The Morgan fingerprint density at radius 3 is 1.72 bits per heavy atom. The molecular weight excluding hydrogens is 1530 g/mol. The number of rotatable bonds is 31. The number of ether oxygens (including phenoxy) is 7. The molecule has 16 atom stereocenters. The number of nitrogens with two attached hydrogens (primary N) is 1. The molecule has 9 heterocycles. The average Bonchev–Trinajstić information content (AvgIpc) is 1.62. The van der Waals surface area contributed by atoms with Crippen LogP contribution in [0, 0.1) is 11.8 Å². The summed E-state index contributed by atoms with van der Waals surface area (Å²) in [6.07, 6.45) is -17.1. The number of esters is 2. The first-order valence-corrected chi connectivity index (χ1v) is 38.7. The lowest BCUT2D eigenvalue weighted by atomic mass is 10.1. The van der Waals surface area contributed by atoms with Gasteiger partial charge in [-0.15, -0.1) is 0 Å². The standard InChI is InChI=1S/C61H69N15O29P4/c1-30(2)58(83)101-43-36(99-57(46(43)102-59(84)31(3)4)75-28-66-39-49(75)69-61(72-53(39)81)71-52(80)33-17-11-7-12-18-33)24-95-106(85,86)103-44-37(100-56(45(44)93-5)74-27-65-38-47(63-26-64-48(38)74)67-51(79)32-15-9-6-10-16-32)25-97-108(89,90)105-109(91,92)104-107(87,88)96-23-35-41(77)42(78)55(98-35)76-29-73(21-22-94-34-19-13-8-14-20-34)40-50(76)68-60(62)70-54(40)82/h6-20,26-31,35-37,41-46,55-57,77-78H,21-25H2,1-5H3,(H9-,62,63,64,67,68,69,70,71,72,79,80,81,82,85,86,87,88,89,90,91,92)/p+1/t35-,36-,37-,41-,42-,43-,44-,45-,46-,55-,56-,57-/m1/s1. The SMILES string of the molecule is CO[C@@H]1[C@H](OP(=O)(O)OC[C@H]2O[C@@H](n3cnc4c(=O)[nH]c(NC(=O)c5ccccc5)nc43)[C@H](OC(=O)C(C)C)[C@@H]2OC(=O)C(C)C)[C@@H](COP(=O)(O)OP(=O)(O)OP(=O)(O)OC[C@H]2O[C@@H](n3c[n+](CCOc4ccccc4)c4c(=O)[nH]c(N)nc43)[C@H](O)[C@@H]2O)O[C@H]1n1cnc2c(NC(=O)c3ccccc3)ncnc21. The van der Waals surface area contributed by atoms with Gasteiger partial charge in [0.25, 0.3) is 28.5 Å². The maximum Gasteiger partial charge on any atom is 0.490 e. The molecule has 3 aliphatic heterocycles. The fraction of sp³-hybridized carbons (Fsp3) is 0.393. The van der Waals surface area contributed by atoms with E-state index in [1.807, 2.05) is 0 Å². The van der Waals surface area contributed by atoms with E-state index < -0.39 is 171 Å². The Labute approximate surface area is 612 Å². The normalized spacial score (nSPS) is 24.4. The van der Waals surface area contributed by atoms with Gasteiger partial charge in [0.05, 0.1) is 44.3 Å². The molecule has 3 fully saturated rings. The van der Waals surface area contributed by atoms with Gasteiger partial charge < -0.3 is 74.0 Å². The lowest BCUT2D eigenvalue weighted by Gasteiger charge is -2.27. The second kappa shape index (κ2) is 32.7. The first-order valence-electron chi connectivity index (χ1n) is 32.7. The Balaban J connectivity index is 0.771. The summed E-state index contributed by atoms with van der Waals surface area (Å²) < 4.78 is 132. The molecule has 109 heavy (non-hydrogen) atoms. The van der Waals surface area contributed by atoms with Crippen LogP contribution in [0.25, 0.3) is 33.5 Å². The van der Waals surface area contributed by atoms with Crippen molar-refractivity contribution in [1.82, 2.24) is 53.6 Å². The van der Waals surface area contributed by atoms with E-state index in [0.29, 0.717) is 5.75 Å². The zero-order chi connectivity index (χ0) is 78.0. The number of hydrogen-bond acceptors (Lipinski definition) is 32. The Bertz CT molecular complexity index is 5170. The van der Waals surface area contributed by atoms with Crippen LogP contribution in [0.3, 0.4) is 0 Å². The van der Waals surface area contributed by atoms with Crippen molar-refractivity contribution in [3.05, 3.63) is 148 Å². The number of nitrogens with zero attached hydrogens (tertiary/aromatic N) is 10. The summed E-state index contributed by atoms with van der Waals surface area (Å²) in [6, 6.07) is 24.4. The molecule has 9 aromatic rings. The highest BCUT2D eigenvalue weighted by atomic mass is 31.3. The van der Waals surface area contributed by atoms with Crippen molar-refractivity contribution < 1.29 is 132 Å². The van der Waals surface area contributed by atoms with E-state index in [4.69, 9.17) is 57.0 Å². The van der Waals surface area contributed by atoms with E-state index in [1.165, 1.54) is 62.9 Å². The van der Waals surface area contributed by atoms with Crippen LogP contribution in [0.5, 0.6) is 5.75 Å². The predicted octanol–water partition coefficient (Wildman–Crippen LogP) is 2.59. The van der Waals surface area contributed by atoms with E-state index in [-0.39, 0.29) is 75.5 Å². The fourth-order valence-electron chi connectivity index (χ4n) is 11.6. The molecule has 48 heteroatoms. The van der Waals surface area contributed by atoms with Gasteiger partial charge >= 0.3 is 48.8 Å². The number of aliphatic hydroxyl groups excluding tert-OH is 2. The molecule has 44 nitrogen and oxygen atoms in total. The second-order valence-electron chi connectivity index (χ2n) is 24.9. The number of aromatic amines is 2. The quantitative estimate of drug-likeness (QED) is 0.0169. The van der Waals surface area contributed by atoms with E-state index in [2.05, 4.69) is 59.1 Å². The number of nitrogens with one attached hydrogen (secondary N) is 4. The molecule has 4 unspecified atom stereocenters. The van der Waals surface area contributed by atoms with Gasteiger partial charge in [-0.2, -0.15) is 23.2 Å². The monoisotopic (exact) mass is 1600 g/mol. The van der Waals surface area contributed by atoms with Crippen LogP contribution in [0.1, 0.15) is 67.1 Å². The zero-order valence-corrected chi connectivity index (χ0v) is 61.1. The average molecular weight is 1600 g/mol. The van der Waals surface area contributed by atoms with Gasteiger partial charge in [-0.1, -0.05) is 82.3 Å². The third-order valence-corrected chi connectivity index (χ3v) is 21.9. The number of phosphoric ester groups is 3. The molecule has 3 aliphatic rings. The minimum atomic E-state index is -6.37. The van der Waals surface area contributed by atoms with E-state index in [9.17, 15) is 76.8 Å². The topological polar surface area (TPSA) is 590 Å². The Morgan fingerprint density at radius 1 is 0.587 bits per heavy atom. The summed E-state index contributed by atoms with van der Waals surface area (Å²) >= 11 is 0. The maximum atomic E-state index is 14.7. The van der Waals surface area contributed by atoms with E-state index >= 15 is 0 Å². The van der Waals surface area contributed by atoms with E-state index in [0.717, 1.165) is 39.8 Å². The Hall–Kier alpha value is -9.33. The number of carbonyl (C=O) groups is 4. The molecule has 12 N–H and O–H groups in total. The van der Waals surface area contributed by atoms with Crippen molar-refractivity contribution in [2.75, 3.05) is 49.9 Å². The molecule has 2 amide bonds. The highest BCUT2D eigenvalue weighted by molar-refractivity contribution is 7.66. The Kier molecular flexibility index (Phi) is 23.8. The van der Waals surface area contributed by atoms with Crippen LogP contribution in [-0.4, -0.2) is 196 Å². The summed E-state index contributed by atoms with van der Waals surface area (Å²) in [4.78, 5) is 155. The fourth-order valence-corrected chi connectivity index (χ4v) is 16.1. The third kappa shape index (κ3) is 18.1. The largest absolute Gasteiger partial charge is 0.490 e. The number of hydrogen-bond donors (Lipinski definition) is 11. The van der Waals surface area contributed by atoms with Crippen molar-refractivity contribution in [3.8, 4) is 5.75 Å². The van der Waals surface area contributed by atoms with Crippen LogP contribution in [0.4, 0.5) is 17.7 Å².